The normalized spacial score (nSPS) is 25.5. The van der Waals surface area contributed by atoms with E-state index in [-0.39, 0.29) is 11.1 Å². The van der Waals surface area contributed by atoms with E-state index in [0.717, 1.165) is 13.0 Å². The van der Waals surface area contributed by atoms with Gasteiger partial charge in [-0.25, -0.2) is 4.98 Å². The van der Waals surface area contributed by atoms with Gasteiger partial charge in [-0.15, -0.1) is 0 Å². The molecule has 0 aliphatic carbocycles. The lowest BCUT2D eigenvalue weighted by Gasteiger charge is -2.24. The molecule has 1 aromatic rings. The van der Waals surface area contributed by atoms with Crippen molar-refractivity contribution in [3.63, 3.8) is 0 Å². The van der Waals surface area contributed by atoms with Gasteiger partial charge < -0.3 is 15.0 Å². The monoisotopic (exact) mass is 321 g/mol. The predicted molar refractivity (Wildman–Crippen MR) is 65.0 cm³/mol. The maximum absolute atomic E-state index is 11.3. The van der Waals surface area contributed by atoms with Crippen LogP contribution in [0.2, 0.25) is 0 Å². The van der Waals surface area contributed by atoms with E-state index >= 15 is 0 Å². The van der Waals surface area contributed by atoms with Gasteiger partial charge in [0.1, 0.15) is 9.39 Å². The summed E-state index contributed by atoms with van der Waals surface area (Å²) in [7, 11) is 0. The van der Waals surface area contributed by atoms with Crippen molar-refractivity contribution in [2.24, 2.45) is 0 Å². The van der Waals surface area contributed by atoms with Crippen LogP contribution in [0.3, 0.4) is 0 Å². The lowest BCUT2D eigenvalue weighted by atomic mass is 10.0. The number of nitrogens with zero attached hydrogens (tertiary/aromatic N) is 1. The van der Waals surface area contributed by atoms with Crippen LogP contribution in [0, 0.1) is 3.57 Å². The number of halogens is 1. The highest BCUT2D eigenvalue weighted by molar-refractivity contribution is 14.1. The van der Waals surface area contributed by atoms with Crippen molar-refractivity contribution in [3.05, 3.63) is 20.3 Å². The molecule has 82 valence electrons. The van der Waals surface area contributed by atoms with Crippen molar-refractivity contribution >= 4 is 28.4 Å². The first kappa shape index (κ1) is 10.9. The summed E-state index contributed by atoms with van der Waals surface area (Å²) in [5.41, 5.74) is -0.226. The minimum absolute atomic E-state index is 0.110. The van der Waals surface area contributed by atoms with E-state index in [4.69, 9.17) is 4.74 Å². The standard InChI is InChI=1S/C9H12IN3O2/c1-9(2-3-15-4-9)13-7-6(10)8(14)12-5-11-7/h5H,2-4H2,1H3,(H2,11,12,13,14). The van der Waals surface area contributed by atoms with E-state index in [1.54, 1.807) is 0 Å². The fourth-order valence-electron chi connectivity index (χ4n) is 1.52. The van der Waals surface area contributed by atoms with E-state index in [9.17, 15) is 4.79 Å². The van der Waals surface area contributed by atoms with Crippen molar-refractivity contribution in [2.75, 3.05) is 18.5 Å². The maximum atomic E-state index is 11.3. The summed E-state index contributed by atoms with van der Waals surface area (Å²) in [4.78, 5) is 18.0. The zero-order chi connectivity index (χ0) is 10.9. The van der Waals surface area contributed by atoms with Crippen LogP contribution in [0.25, 0.3) is 0 Å². The molecule has 15 heavy (non-hydrogen) atoms. The van der Waals surface area contributed by atoms with Crippen molar-refractivity contribution in [2.45, 2.75) is 18.9 Å². The molecular formula is C9H12IN3O2. The first-order valence-corrected chi connectivity index (χ1v) is 5.78. The number of rotatable bonds is 2. The summed E-state index contributed by atoms with van der Waals surface area (Å²) in [5, 5.41) is 3.26. The summed E-state index contributed by atoms with van der Waals surface area (Å²) in [6, 6.07) is 0. The second kappa shape index (κ2) is 4.09. The number of nitrogens with one attached hydrogen (secondary N) is 2. The first-order chi connectivity index (χ1) is 7.11. The number of hydrogen-bond acceptors (Lipinski definition) is 4. The van der Waals surface area contributed by atoms with Gasteiger partial charge in [-0.2, -0.15) is 0 Å². The van der Waals surface area contributed by atoms with Crippen molar-refractivity contribution in [1.29, 1.82) is 0 Å². The fraction of sp³-hybridized carbons (Fsp3) is 0.556. The molecule has 6 heteroatoms. The second-order valence-corrected chi connectivity index (χ2v) is 4.96. The number of aromatic nitrogens is 2. The Morgan fingerprint density at radius 3 is 3.20 bits per heavy atom. The van der Waals surface area contributed by atoms with E-state index in [2.05, 4.69) is 22.2 Å². The Morgan fingerprint density at radius 2 is 2.53 bits per heavy atom. The molecule has 1 saturated heterocycles. The van der Waals surface area contributed by atoms with Gasteiger partial charge in [-0.05, 0) is 35.9 Å². The predicted octanol–water partition coefficient (Wildman–Crippen LogP) is 0.965. The summed E-state index contributed by atoms with van der Waals surface area (Å²) < 4.78 is 5.91. The Hall–Kier alpha value is -0.630. The molecule has 1 aromatic heterocycles. The van der Waals surface area contributed by atoms with Crippen LogP contribution in [0.5, 0.6) is 0 Å². The minimum atomic E-state index is -0.115. The molecule has 2 heterocycles. The lowest BCUT2D eigenvalue weighted by molar-refractivity contribution is 0.185. The molecule has 1 aliphatic heterocycles. The first-order valence-electron chi connectivity index (χ1n) is 4.70. The molecule has 0 aromatic carbocycles. The minimum Gasteiger partial charge on any atom is -0.379 e. The molecule has 1 atom stereocenters. The molecule has 1 fully saturated rings. The summed E-state index contributed by atoms with van der Waals surface area (Å²) in [5.74, 6) is 0.632. The summed E-state index contributed by atoms with van der Waals surface area (Å²) in [6.07, 6.45) is 2.34. The number of ether oxygens (including phenoxy) is 1. The Balaban J connectivity index is 2.24. The largest absolute Gasteiger partial charge is 0.379 e. The zero-order valence-corrected chi connectivity index (χ0v) is 10.5. The van der Waals surface area contributed by atoms with Gasteiger partial charge in [0.25, 0.3) is 5.56 Å². The van der Waals surface area contributed by atoms with Gasteiger partial charge in [-0.3, -0.25) is 4.79 Å². The Labute approximate surface area is 101 Å². The molecule has 2 rings (SSSR count). The van der Waals surface area contributed by atoms with Crippen LogP contribution in [-0.4, -0.2) is 28.7 Å². The Morgan fingerprint density at radius 1 is 1.73 bits per heavy atom. The average Bonchev–Trinajstić information content (AvgIpc) is 2.60. The third-order valence-electron chi connectivity index (χ3n) is 2.44. The highest BCUT2D eigenvalue weighted by atomic mass is 127. The van der Waals surface area contributed by atoms with E-state index in [1.807, 2.05) is 22.6 Å². The van der Waals surface area contributed by atoms with Crippen molar-refractivity contribution in [1.82, 2.24) is 9.97 Å². The van der Waals surface area contributed by atoms with E-state index in [0.29, 0.717) is 16.0 Å². The van der Waals surface area contributed by atoms with Crippen LogP contribution >= 0.6 is 22.6 Å². The van der Waals surface area contributed by atoms with Gasteiger partial charge in [0.05, 0.1) is 18.5 Å². The van der Waals surface area contributed by atoms with E-state index in [1.165, 1.54) is 6.33 Å². The Bertz CT molecular complexity index is 412. The molecule has 0 bridgehead atoms. The van der Waals surface area contributed by atoms with Crippen LogP contribution in [0.15, 0.2) is 11.1 Å². The van der Waals surface area contributed by atoms with Gasteiger partial charge in [0.2, 0.25) is 0 Å². The maximum Gasteiger partial charge on any atom is 0.266 e. The van der Waals surface area contributed by atoms with Gasteiger partial charge in [0.15, 0.2) is 0 Å². The van der Waals surface area contributed by atoms with Crippen LogP contribution in [0.4, 0.5) is 5.82 Å². The van der Waals surface area contributed by atoms with Gasteiger partial charge in [-0.1, -0.05) is 0 Å². The van der Waals surface area contributed by atoms with Gasteiger partial charge in [0, 0.05) is 6.61 Å². The molecular weight excluding hydrogens is 309 g/mol. The highest BCUT2D eigenvalue weighted by Gasteiger charge is 2.30. The van der Waals surface area contributed by atoms with Crippen LogP contribution < -0.4 is 10.9 Å². The van der Waals surface area contributed by atoms with E-state index < -0.39 is 0 Å². The third kappa shape index (κ3) is 2.31. The van der Waals surface area contributed by atoms with Crippen molar-refractivity contribution in [3.8, 4) is 0 Å². The second-order valence-electron chi connectivity index (χ2n) is 3.88. The fourth-order valence-corrected chi connectivity index (χ4v) is 1.95. The number of aromatic amines is 1. The van der Waals surface area contributed by atoms with Crippen LogP contribution in [-0.2, 0) is 4.74 Å². The lowest BCUT2D eigenvalue weighted by Crippen LogP contribution is -2.36. The van der Waals surface area contributed by atoms with Crippen molar-refractivity contribution < 1.29 is 4.74 Å². The van der Waals surface area contributed by atoms with Gasteiger partial charge >= 0.3 is 0 Å². The molecule has 0 saturated carbocycles. The number of H-pyrrole nitrogens is 1. The average molecular weight is 321 g/mol. The molecule has 0 radical (unpaired) electrons. The Kier molecular flexibility index (Phi) is 2.96. The SMILES string of the molecule is CC1(Nc2nc[nH]c(=O)c2I)CCOC1. The smallest absolute Gasteiger partial charge is 0.266 e. The molecule has 5 nitrogen and oxygen atoms in total. The number of hydrogen-bond donors (Lipinski definition) is 2. The van der Waals surface area contributed by atoms with Crippen LogP contribution in [0.1, 0.15) is 13.3 Å². The zero-order valence-electron chi connectivity index (χ0n) is 8.34. The molecule has 1 aliphatic rings. The highest BCUT2D eigenvalue weighted by Crippen LogP contribution is 2.23. The summed E-state index contributed by atoms with van der Waals surface area (Å²) >= 11 is 1.99. The molecule has 0 spiro atoms. The molecule has 2 N–H and O–H groups in total. The third-order valence-corrected chi connectivity index (χ3v) is 3.44. The molecule has 1 unspecified atom stereocenters. The number of anilines is 1. The quantitative estimate of drug-likeness (QED) is 0.797. The molecule has 0 amide bonds. The topological polar surface area (TPSA) is 67.0 Å². The summed E-state index contributed by atoms with van der Waals surface area (Å²) in [6.45, 7) is 3.47.